The summed E-state index contributed by atoms with van der Waals surface area (Å²) in [5, 5.41) is 11.8. The Morgan fingerprint density at radius 1 is 1.05 bits per heavy atom. The Labute approximate surface area is 143 Å². The summed E-state index contributed by atoms with van der Waals surface area (Å²) in [5.74, 6) is 1.44. The van der Waals surface area contributed by atoms with Crippen molar-refractivity contribution in [3.05, 3.63) is 0 Å². The van der Waals surface area contributed by atoms with E-state index in [0.717, 1.165) is 31.9 Å². The summed E-state index contributed by atoms with van der Waals surface area (Å²) >= 11 is 0. The lowest BCUT2D eigenvalue weighted by atomic mass is 10.2. The van der Waals surface area contributed by atoms with Gasteiger partial charge in [0, 0.05) is 27.2 Å². The van der Waals surface area contributed by atoms with E-state index in [1.54, 1.807) is 7.05 Å². The molecule has 0 aliphatic heterocycles. The molecule has 0 fully saturated rings. The Bertz CT molecular complexity index is 318. The first-order valence-electron chi connectivity index (χ1n) is 8.28. The second kappa shape index (κ2) is 12.7. The molecule has 0 heterocycles. The third-order valence-corrected chi connectivity index (χ3v) is 3.86. The molecule has 0 amide bonds. The van der Waals surface area contributed by atoms with E-state index in [9.17, 15) is 0 Å². The number of guanidine groups is 2. The maximum absolute atomic E-state index is 8.63. The quantitative estimate of drug-likeness (QED) is 0.282. The van der Waals surface area contributed by atoms with Crippen molar-refractivity contribution < 1.29 is 16.9 Å². The number of halogens is 1. The zero-order chi connectivity index (χ0) is 16.3. The average Bonchev–Trinajstić information content (AvgIpc) is 2.46. The van der Waals surface area contributed by atoms with Gasteiger partial charge in [0.25, 0.3) is 0 Å². The van der Waals surface area contributed by atoms with Crippen molar-refractivity contribution in [3.63, 3.8) is 0 Å². The van der Waals surface area contributed by atoms with Gasteiger partial charge >= 0.3 is 11.9 Å². The Morgan fingerprint density at radius 2 is 1.50 bits per heavy atom. The molecule has 0 saturated heterocycles. The summed E-state index contributed by atoms with van der Waals surface area (Å²) in [4.78, 5) is 6.51. The Balaban J connectivity index is 0. The van der Waals surface area contributed by atoms with E-state index in [0.29, 0.717) is 10.4 Å². The molecule has 6 heteroatoms. The first-order chi connectivity index (χ1) is 9.95. The molecule has 132 valence electrons. The highest BCUT2D eigenvalue weighted by Gasteiger charge is 2.33. The number of aliphatic imine (C=N–C) groups is 1. The highest BCUT2D eigenvalue weighted by atomic mass is 35.5. The molecule has 0 rings (SSSR count). The van der Waals surface area contributed by atoms with Gasteiger partial charge in [-0.2, -0.15) is 0 Å². The fraction of sp³-hybridized carbons (Fsp3) is 0.875. The van der Waals surface area contributed by atoms with Crippen LogP contribution in [0.15, 0.2) is 4.99 Å². The number of hydrogen-bond donors (Lipinski definition) is 2. The van der Waals surface area contributed by atoms with Crippen LogP contribution in [0, 0.1) is 5.41 Å². The molecule has 0 aromatic rings. The third-order valence-electron chi connectivity index (χ3n) is 3.86. The van der Waals surface area contributed by atoms with Gasteiger partial charge in [0.2, 0.25) is 0 Å². The molecule has 0 unspecified atom stereocenters. The zero-order valence-electron chi connectivity index (χ0n) is 15.4. The fourth-order valence-corrected chi connectivity index (χ4v) is 2.52. The zero-order valence-corrected chi connectivity index (χ0v) is 16.1. The lowest BCUT2D eigenvalue weighted by molar-refractivity contribution is -0.710. The summed E-state index contributed by atoms with van der Waals surface area (Å²) in [6.45, 7) is 6.38. The molecular weight excluding hydrogens is 298 g/mol. The van der Waals surface area contributed by atoms with Crippen molar-refractivity contribution in [1.29, 1.82) is 5.41 Å². The van der Waals surface area contributed by atoms with E-state index in [4.69, 9.17) is 5.41 Å². The number of quaternary nitrogens is 1. The van der Waals surface area contributed by atoms with Crippen molar-refractivity contribution in [2.75, 3.05) is 41.3 Å². The van der Waals surface area contributed by atoms with Crippen molar-refractivity contribution in [2.45, 2.75) is 52.4 Å². The molecule has 0 aliphatic rings. The van der Waals surface area contributed by atoms with Crippen LogP contribution in [0.3, 0.4) is 0 Å². The predicted octanol–water partition coefficient (Wildman–Crippen LogP) is -0.111. The minimum atomic E-state index is 0. The molecule has 0 aromatic carbocycles. The normalized spacial score (nSPS) is 11.8. The molecule has 22 heavy (non-hydrogen) atoms. The minimum Gasteiger partial charge on any atom is -1.00 e. The van der Waals surface area contributed by atoms with Crippen molar-refractivity contribution >= 4 is 11.9 Å². The molecule has 0 aromatic heterocycles. The van der Waals surface area contributed by atoms with Gasteiger partial charge in [-0.15, -0.1) is 0 Å². The predicted molar refractivity (Wildman–Crippen MR) is 92.9 cm³/mol. The van der Waals surface area contributed by atoms with Gasteiger partial charge in [0.05, 0.1) is 14.1 Å². The van der Waals surface area contributed by atoms with E-state index in [2.05, 4.69) is 29.1 Å². The Kier molecular flexibility index (Phi) is 13.5. The van der Waals surface area contributed by atoms with Crippen molar-refractivity contribution in [3.8, 4) is 0 Å². The van der Waals surface area contributed by atoms with Crippen LogP contribution < -0.4 is 17.7 Å². The summed E-state index contributed by atoms with van der Waals surface area (Å²) in [6, 6.07) is 0. The van der Waals surface area contributed by atoms with E-state index in [-0.39, 0.29) is 12.4 Å². The summed E-state index contributed by atoms with van der Waals surface area (Å²) in [6.07, 6.45) is 7.20. The van der Waals surface area contributed by atoms with Crippen LogP contribution >= 0.6 is 0 Å². The molecule has 0 saturated carbocycles. The molecule has 0 bridgehead atoms. The van der Waals surface area contributed by atoms with E-state index in [1.807, 2.05) is 21.1 Å². The van der Waals surface area contributed by atoms with Crippen LogP contribution in [0.1, 0.15) is 52.4 Å². The molecule has 2 N–H and O–H groups in total. The highest BCUT2D eigenvalue weighted by Crippen LogP contribution is 2.10. The van der Waals surface area contributed by atoms with E-state index in [1.165, 1.54) is 25.7 Å². The van der Waals surface area contributed by atoms with E-state index >= 15 is 0 Å². The van der Waals surface area contributed by atoms with Gasteiger partial charge in [0.15, 0.2) is 0 Å². The van der Waals surface area contributed by atoms with Gasteiger partial charge < -0.3 is 22.6 Å². The largest absolute Gasteiger partial charge is 1.00 e. The fourth-order valence-electron chi connectivity index (χ4n) is 2.52. The molecule has 0 spiro atoms. The van der Waals surface area contributed by atoms with Gasteiger partial charge in [0.1, 0.15) is 0 Å². The lowest BCUT2D eigenvalue weighted by Gasteiger charge is -2.35. The lowest BCUT2D eigenvalue weighted by Crippen LogP contribution is -3.00. The molecule has 0 aliphatic carbocycles. The van der Waals surface area contributed by atoms with Crippen molar-refractivity contribution in [2.24, 2.45) is 4.99 Å². The van der Waals surface area contributed by atoms with Crippen molar-refractivity contribution in [1.82, 2.24) is 10.2 Å². The van der Waals surface area contributed by atoms with Crippen LogP contribution in [0.25, 0.3) is 0 Å². The molecule has 0 atom stereocenters. The van der Waals surface area contributed by atoms with Gasteiger partial charge in [-0.25, -0.2) is 14.9 Å². The minimum absolute atomic E-state index is 0. The Morgan fingerprint density at radius 3 is 1.82 bits per heavy atom. The number of rotatable bonds is 8. The first-order valence-corrected chi connectivity index (χ1v) is 8.28. The summed E-state index contributed by atoms with van der Waals surface area (Å²) in [5.41, 5.74) is 0. The monoisotopic (exact) mass is 333 g/mol. The van der Waals surface area contributed by atoms with Gasteiger partial charge in [-0.05, 0) is 12.8 Å². The SMILES string of the molecule is CCCCCN(CCCCC)C(=N)[N+](C)(C)C(=NC)NC.[Cl-]. The summed E-state index contributed by atoms with van der Waals surface area (Å²) in [7, 11) is 7.69. The highest BCUT2D eigenvalue weighted by molar-refractivity contribution is 5.86. The average molecular weight is 334 g/mol. The standard InChI is InChI=1S/C16H36N5.ClH/c1-7-9-11-13-20(14-12-10-8-2)15(17)21(5,6)16(18-3)19-4;/h17H,7-14H2,1-6H3,(H,18,19);1H/q+1;/p-1. The number of unbranched alkanes of at least 4 members (excludes halogenated alkanes) is 4. The third kappa shape index (κ3) is 7.45. The number of hydrogen-bond acceptors (Lipinski definition) is 2. The van der Waals surface area contributed by atoms with Crippen LogP contribution in [-0.4, -0.2) is 62.6 Å². The molecule has 5 nitrogen and oxygen atoms in total. The number of nitrogens with one attached hydrogen (secondary N) is 2. The van der Waals surface area contributed by atoms with Crippen LogP contribution in [-0.2, 0) is 0 Å². The maximum Gasteiger partial charge on any atom is 0.304 e. The second-order valence-corrected chi connectivity index (χ2v) is 5.98. The second-order valence-electron chi connectivity index (χ2n) is 5.98. The maximum atomic E-state index is 8.63. The number of nitrogens with zero attached hydrogens (tertiary/aromatic N) is 3. The molecular formula is C16H36ClN5. The Hall–Kier alpha value is -0.810. The molecule has 0 radical (unpaired) electrons. The topological polar surface area (TPSA) is 51.5 Å². The smallest absolute Gasteiger partial charge is 0.304 e. The van der Waals surface area contributed by atoms with E-state index < -0.39 is 0 Å². The summed E-state index contributed by atoms with van der Waals surface area (Å²) < 4.78 is 0.366. The van der Waals surface area contributed by atoms with Crippen LogP contribution in [0.2, 0.25) is 0 Å². The van der Waals surface area contributed by atoms with Crippen LogP contribution in [0.4, 0.5) is 0 Å². The first kappa shape index (κ1) is 23.5. The van der Waals surface area contributed by atoms with Gasteiger partial charge in [-0.3, -0.25) is 0 Å². The van der Waals surface area contributed by atoms with Gasteiger partial charge in [-0.1, -0.05) is 39.5 Å². The van der Waals surface area contributed by atoms with Crippen LogP contribution in [0.5, 0.6) is 0 Å².